The maximum Gasteiger partial charge on any atom is 0.120 e. The van der Waals surface area contributed by atoms with Crippen LogP contribution in [0.15, 0.2) is 36.0 Å². The Labute approximate surface area is 133 Å². The van der Waals surface area contributed by atoms with Gasteiger partial charge in [-0.2, -0.15) is 3.89 Å². The lowest BCUT2D eigenvalue weighted by molar-refractivity contribution is 0.307. The van der Waals surface area contributed by atoms with E-state index in [0.29, 0.717) is 5.92 Å². The minimum absolute atomic E-state index is 0.0479. The van der Waals surface area contributed by atoms with Gasteiger partial charge in [0.15, 0.2) is 0 Å². The van der Waals surface area contributed by atoms with E-state index in [-0.39, 0.29) is 17.2 Å². The van der Waals surface area contributed by atoms with Gasteiger partial charge in [0.2, 0.25) is 0 Å². The normalized spacial score (nSPS) is 14.4. The predicted octanol–water partition coefficient (Wildman–Crippen LogP) is 3.82. The van der Waals surface area contributed by atoms with Crippen molar-refractivity contribution in [3.63, 3.8) is 0 Å². The molecule has 0 spiro atoms. The number of halogens is 1. The van der Waals surface area contributed by atoms with Crippen molar-refractivity contribution in [2.24, 2.45) is 5.92 Å². The second-order valence-electron chi connectivity index (χ2n) is 5.41. The summed E-state index contributed by atoms with van der Waals surface area (Å²) in [7, 11) is 6.14. The number of allylic oxidation sites excluding steroid dienone is 4. The molecule has 0 saturated carbocycles. The fraction of sp³-hybridized carbons (Fsp3) is 0.562. The standard InChI is InChI=1S/C16H28FN3S/c1-6-15(13(2)7-10-16(18)21-17)9-8-14(11-19-3)12-20(4)5/h6-7,10,14,18-19H,1,8-9,11-12H2,2-5H3/b10-7-,15-13-,18-16?. The SMILES string of the molecule is C=C/C(CCC(CNC)CN(C)C)=C(C)/C=C\C(=N)SF. The highest BCUT2D eigenvalue weighted by Crippen LogP contribution is 2.18. The molecule has 0 aliphatic heterocycles. The molecule has 0 radical (unpaired) electrons. The van der Waals surface area contributed by atoms with Crippen molar-refractivity contribution in [1.29, 1.82) is 5.41 Å². The molecule has 0 amide bonds. The molecule has 0 aromatic carbocycles. The van der Waals surface area contributed by atoms with E-state index in [4.69, 9.17) is 5.41 Å². The molecule has 0 aliphatic rings. The molecule has 5 heteroatoms. The van der Waals surface area contributed by atoms with Crippen molar-refractivity contribution in [1.82, 2.24) is 10.2 Å². The van der Waals surface area contributed by atoms with Crippen LogP contribution in [0.3, 0.4) is 0 Å². The van der Waals surface area contributed by atoms with Gasteiger partial charge in [-0.25, -0.2) is 0 Å². The lowest BCUT2D eigenvalue weighted by Crippen LogP contribution is -2.29. The van der Waals surface area contributed by atoms with Crippen LogP contribution >= 0.6 is 12.1 Å². The minimum Gasteiger partial charge on any atom is -0.319 e. The van der Waals surface area contributed by atoms with Crippen LogP contribution in [0.2, 0.25) is 0 Å². The van der Waals surface area contributed by atoms with Crippen molar-refractivity contribution in [3.8, 4) is 0 Å². The van der Waals surface area contributed by atoms with Gasteiger partial charge in [-0.15, -0.1) is 0 Å². The number of rotatable bonds is 10. The molecule has 21 heavy (non-hydrogen) atoms. The fourth-order valence-electron chi connectivity index (χ4n) is 2.22. The Hall–Kier alpha value is -0.910. The van der Waals surface area contributed by atoms with Gasteiger partial charge in [0.1, 0.15) is 17.2 Å². The number of nitrogens with one attached hydrogen (secondary N) is 2. The molecule has 0 saturated heterocycles. The average molecular weight is 313 g/mol. The molecule has 1 unspecified atom stereocenters. The van der Waals surface area contributed by atoms with Crippen LogP contribution in [0.1, 0.15) is 19.8 Å². The molecule has 2 N–H and O–H groups in total. The van der Waals surface area contributed by atoms with Gasteiger partial charge < -0.3 is 10.2 Å². The highest BCUT2D eigenvalue weighted by Gasteiger charge is 2.10. The molecule has 0 fully saturated rings. The molecule has 0 aliphatic carbocycles. The first kappa shape index (κ1) is 20.1. The molecule has 0 bridgehead atoms. The Bertz CT molecular complexity index is 389. The van der Waals surface area contributed by atoms with Gasteiger partial charge in [0.05, 0.1) is 0 Å². The molecular weight excluding hydrogens is 285 g/mol. The summed E-state index contributed by atoms with van der Waals surface area (Å²) in [4.78, 5) is 2.20. The van der Waals surface area contributed by atoms with Gasteiger partial charge in [-0.3, -0.25) is 5.41 Å². The summed E-state index contributed by atoms with van der Waals surface area (Å²) in [6.45, 7) is 7.87. The van der Waals surface area contributed by atoms with E-state index in [9.17, 15) is 3.89 Å². The zero-order chi connectivity index (χ0) is 16.3. The Morgan fingerprint density at radius 2 is 2.10 bits per heavy atom. The molecule has 120 valence electrons. The van der Waals surface area contributed by atoms with Crippen LogP contribution in [0.25, 0.3) is 0 Å². The lowest BCUT2D eigenvalue weighted by atomic mass is 9.96. The Morgan fingerprint density at radius 1 is 1.43 bits per heavy atom. The summed E-state index contributed by atoms with van der Waals surface area (Å²) in [6.07, 6.45) is 7.13. The third-order valence-corrected chi connectivity index (χ3v) is 3.56. The first-order valence-corrected chi connectivity index (χ1v) is 7.83. The summed E-state index contributed by atoms with van der Waals surface area (Å²) in [5.41, 5.74) is 2.19. The number of hydrogen-bond acceptors (Lipinski definition) is 4. The van der Waals surface area contributed by atoms with Crippen molar-refractivity contribution in [2.75, 3.05) is 34.2 Å². The number of nitrogens with zero attached hydrogens (tertiary/aromatic N) is 1. The molecule has 0 heterocycles. The van der Waals surface area contributed by atoms with Gasteiger partial charge >= 0.3 is 0 Å². The second-order valence-corrected chi connectivity index (χ2v) is 6.01. The fourth-order valence-corrected chi connectivity index (χ4v) is 2.34. The van der Waals surface area contributed by atoms with E-state index in [1.54, 1.807) is 6.08 Å². The van der Waals surface area contributed by atoms with Crippen LogP contribution in [0.5, 0.6) is 0 Å². The highest BCUT2D eigenvalue weighted by molar-refractivity contribution is 8.09. The number of hydrogen-bond donors (Lipinski definition) is 2. The Kier molecular flexibility index (Phi) is 11.2. The molecule has 0 aromatic rings. The van der Waals surface area contributed by atoms with Crippen LogP contribution in [0, 0.1) is 11.3 Å². The predicted molar refractivity (Wildman–Crippen MR) is 93.7 cm³/mol. The monoisotopic (exact) mass is 313 g/mol. The third-order valence-electron chi connectivity index (χ3n) is 3.26. The van der Waals surface area contributed by atoms with E-state index >= 15 is 0 Å². The van der Waals surface area contributed by atoms with Crippen LogP contribution < -0.4 is 5.32 Å². The van der Waals surface area contributed by atoms with E-state index in [1.165, 1.54) is 6.08 Å². The first-order valence-electron chi connectivity index (χ1n) is 7.11. The average Bonchev–Trinajstić information content (AvgIpc) is 2.44. The maximum atomic E-state index is 12.2. The highest BCUT2D eigenvalue weighted by atomic mass is 32.2. The summed E-state index contributed by atoms with van der Waals surface area (Å²) in [5, 5.41) is 10.4. The van der Waals surface area contributed by atoms with E-state index < -0.39 is 0 Å². The summed E-state index contributed by atoms with van der Waals surface area (Å²) >= 11 is -0.0479. The van der Waals surface area contributed by atoms with Gasteiger partial charge in [0.25, 0.3) is 0 Å². The maximum absolute atomic E-state index is 12.2. The summed E-state index contributed by atoms with van der Waals surface area (Å²) in [6, 6.07) is 0. The van der Waals surface area contributed by atoms with Gasteiger partial charge in [-0.05, 0) is 70.6 Å². The van der Waals surface area contributed by atoms with Crippen LogP contribution in [0.4, 0.5) is 3.89 Å². The van der Waals surface area contributed by atoms with Gasteiger partial charge in [0, 0.05) is 6.54 Å². The van der Waals surface area contributed by atoms with Crippen molar-refractivity contribution < 1.29 is 3.89 Å². The van der Waals surface area contributed by atoms with Crippen molar-refractivity contribution >= 4 is 17.2 Å². The topological polar surface area (TPSA) is 39.1 Å². The zero-order valence-electron chi connectivity index (χ0n) is 13.6. The van der Waals surface area contributed by atoms with Crippen molar-refractivity contribution in [3.05, 3.63) is 36.0 Å². The second kappa shape index (κ2) is 11.7. The van der Waals surface area contributed by atoms with Crippen LogP contribution in [-0.4, -0.2) is 44.2 Å². The van der Waals surface area contributed by atoms with E-state index in [0.717, 1.165) is 37.1 Å². The molecule has 1 atom stereocenters. The largest absolute Gasteiger partial charge is 0.319 e. The van der Waals surface area contributed by atoms with E-state index in [2.05, 4.69) is 30.9 Å². The minimum atomic E-state index is -0.0848. The Morgan fingerprint density at radius 3 is 2.57 bits per heavy atom. The Balaban J connectivity index is 4.69. The first-order chi connectivity index (χ1) is 9.94. The smallest absolute Gasteiger partial charge is 0.120 e. The molecule has 0 aromatic heterocycles. The summed E-state index contributed by atoms with van der Waals surface area (Å²) < 4.78 is 12.2. The zero-order valence-corrected chi connectivity index (χ0v) is 14.4. The van der Waals surface area contributed by atoms with Crippen molar-refractivity contribution in [2.45, 2.75) is 19.8 Å². The molecule has 0 rings (SSSR count). The van der Waals surface area contributed by atoms with Crippen LogP contribution in [-0.2, 0) is 0 Å². The van der Waals surface area contributed by atoms with E-state index in [1.807, 2.05) is 20.0 Å². The molecule has 3 nitrogen and oxygen atoms in total. The quantitative estimate of drug-likeness (QED) is 0.366. The van der Waals surface area contributed by atoms with Gasteiger partial charge in [-0.1, -0.05) is 18.7 Å². The third kappa shape index (κ3) is 9.61. The molecular formula is C16H28FN3S. The summed E-state index contributed by atoms with van der Waals surface area (Å²) in [5.74, 6) is 0.580. The lowest BCUT2D eigenvalue weighted by Gasteiger charge is -2.21.